The van der Waals surface area contributed by atoms with E-state index in [1.807, 2.05) is 24.3 Å². The van der Waals surface area contributed by atoms with Crippen molar-refractivity contribution in [2.45, 2.75) is 71.6 Å². The zero-order chi connectivity index (χ0) is 24.7. The van der Waals surface area contributed by atoms with Gasteiger partial charge in [-0.25, -0.2) is 0 Å². The van der Waals surface area contributed by atoms with Gasteiger partial charge in [0.25, 0.3) is 0 Å². The van der Waals surface area contributed by atoms with Crippen molar-refractivity contribution in [3.8, 4) is 12.1 Å². The standard InChI is InChI=1S/C30H35N3O/c1-20(2)13-25-17-22(23(18-31)19-32)16-24(34-25)8-7-21-14-26-28-27(15-21)30(5,6)10-12-33(28)11-9-29(26,3)4/h7-8,14-17,20H,9-13H2,1-6H3/b8-7+. The first-order valence-electron chi connectivity index (χ1n) is 12.3. The molecule has 0 unspecified atom stereocenters. The molecule has 0 N–H and O–H groups in total. The van der Waals surface area contributed by atoms with Crippen LogP contribution in [0.2, 0.25) is 0 Å². The van der Waals surface area contributed by atoms with E-state index in [2.05, 4.69) is 64.7 Å². The van der Waals surface area contributed by atoms with Crippen LogP contribution in [0.15, 0.2) is 53.0 Å². The molecule has 0 atom stereocenters. The molecule has 0 bridgehead atoms. The van der Waals surface area contributed by atoms with Crippen molar-refractivity contribution in [3.05, 3.63) is 69.7 Å². The molecule has 1 aromatic rings. The van der Waals surface area contributed by atoms with Gasteiger partial charge in [-0.05, 0) is 76.6 Å². The Morgan fingerprint density at radius 3 is 2.12 bits per heavy atom. The zero-order valence-corrected chi connectivity index (χ0v) is 21.3. The van der Waals surface area contributed by atoms with Crippen LogP contribution in [-0.4, -0.2) is 13.1 Å². The predicted octanol–water partition coefficient (Wildman–Crippen LogP) is 7.06. The number of nitrogens with zero attached hydrogens (tertiary/aromatic N) is 3. The molecule has 0 fully saturated rings. The lowest BCUT2D eigenvalue weighted by atomic mass is 9.69. The van der Waals surface area contributed by atoms with Gasteiger partial charge in [0, 0.05) is 30.8 Å². The monoisotopic (exact) mass is 453 g/mol. The van der Waals surface area contributed by atoms with Crippen molar-refractivity contribution in [2.75, 3.05) is 18.0 Å². The van der Waals surface area contributed by atoms with Crippen LogP contribution < -0.4 is 4.90 Å². The Labute approximate surface area is 204 Å². The molecule has 0 aliphatic carbocycles. The van der Waals surface area contributed by atoms with Crippen molar-refractivity contribution in [1.29, 1.82) is 10.5 Å². The lowest BCUT2D eigenvalue weighted by molar-refractivity contribution is 0.287. The van der Waals surface area contributed by atoms with Gasteiger partial charge in [0.1, 0.15) is 29.2 Å². The van der Waals surface area contributed by atoms with Crippen LogP contribution >= 0.6 is 0 Å². The Morgan fingerprint density at radius 1 is 1.00 bits per heavy atom. The smallest absolute Gasteiger partial charge is 0.137 e. The minimum absolute atomic E-state index is 0.109. The van der Waals surface area contributed by atoms with Gasteiger partial charge < -0.3 is 9.64 Å². The van der Waals surface area contributed by atoms with Gasteiger partial charge in [-0.2, -0.15) is 10.5 Å². The van der Waals surface area contributed by atoms with Crippen LogP contribution in [0.3, 0.4) is 0 Å². The van der Waals surface area contributed by atoms with E-state index in [-0.39, 0.29) is 16.4 Å². The fourth-order valence-electron chi connectivity index (χ4n) is 5.20. The summed E-state index contributed by atoms with van der Waals surface area (Å²) in [4.78, 5) is 2.58. The molecule has 0 amide bonds. The topological polar surface area (TPSA) is 60.0 Å². The van der Waals surface area contributed by atoms with Crippen molar-refractivity contribution >= 4 is 11.8 Å². The summed E-state index contributed by atoms with van der Waals surface area (Å²) < 4.78 is 6.14. The Bertz CT molecular complexity index is 1150. The second kappa shape index (κ2) is 8.84. The fraction of sp³-hybridized carbons (Fsp3) is 0.467. The molecule has 3 aliphatic rings. The Balaban J connectivity index is 1.75. The van der Waals surface area contributed by atoms with E-state index < -0.39 is 0 Å². The summed E-state index contributed by atoms with van der Waals surface area (Å²) in [5, 5.41) is 18.8. The highest BCUT2D eigenvalue weighted by Gasteiger charge is 2.39. The van der Waals surface area contributed by atoms with Crippen LogP contribution in [-0.2, 0) is 15.6 Å². The van der Waals surface area contributed by atoms with Crippen LogP contribution in [0.5, 0.6) is 0 Å². The minimum Gasteiger partial charge on any atom is -0.462 e. The molecular weight excluding hydrogens is 418 g/mol. The molecule has 3 aliphatic heterocycles. The van der Waals surface area contributed by atoms with Crippen molar-refractivity contribution in [3.63, 3.8) is 0 Å². The van der Waals surface area contributed by atoms with Gasteiger partial charge >= 0.3 is 0 Å². The summed E-state index contributed by atoms with van der Waals surface area (Å²) in [6.07, 6.45) is 10.8. The third kappa shape index (κ3) is 4.55. The summed E-state index contributed by atoms with van der Waals surface area (Å²) in [6.45, 7) is 15.9. The van der Waals surface area contributed by atoms with E-state index >= 15 is 0 Å². The number of hydrogen-bond acceptors (Lipinski definition) is 4. The summed E-state index contributed by atoms with van der Waals surface area (Å²) in [6, 6.07) is 8.70. The fourth-order valence-corrected chi connectivity index (χ4v) is 5.20. The van der Waals surface area contributed by atoms with E-state index in [9.17, 15) is 10.5 Å². The molecule has 4 nitrogen and oxygen atoms in total. The maximum absolute atomic E-state index is 9.38. The number of allylic oxidation sites excluding steroid dienone is 6. The first-order chi connectivity index (χ1) is 16.0. The van der Waals surface area contributed by atoms with Crippen LogP contribution in [0.1, 0.15) is 77.5 Å². The van der Waals surface area contributed by atoms with Crippen LogP contribution in [0.25, 0.3) is 6.08 Å². The lowest BCUT2D eigenvalue weighted by Gasteiger charge is -2.48. The van der Waals surface area contributed by atoms with Gasteiger partial charge in [-0.15, -0.1) is 0 Å². The SMILES string of the molecule is CC(C)CC1=CC(=C(C#N)C#N)C=C(/C=C/c2cc3c4c(c2)C(C)(C)CCN4CCC3(C)C)O1. The summed E-state index contributed by atoms with van der Waals surface area (Å²) in [5.74, 6) is 1.85. The quantitative estimate of drug-likeness (QED) is 0.458. The zero-order valence-electron chi connectivity index (χ0n) is 21.3. The Hall–Kier alpha value is -3.24. The normalized spacial score (nSPS) is 20.1. The Kier molecular flexibility index (Phi) is 6.22. The van der Waals surface area contributed by atoms with Gasteiger partial charge in [0.15, 0.2) is 0 Å². The van der Waals surface area contributed by atoms with E-state index in [1.54, 1.807) is 6.08 Å². The maximum Gasteiger partial charge on any atom is 0.137 e. The molecule has 4 rings (SSSR count). The average molecular weight is 454 g/mol. The molecule has 0 saturated heterocycles. The number of ether oxygens (including phenoxy) is 1. The second-order valence-electron chi connectivity index (χ2n) is 11.5. The molecule has 0 radical (unpaired) electrons. The molecule has 0 spiro atoms. The third-order valence-corrected chi connectivity index (χ3v) is 7.35. The summed E-state index contributed by atoms with van der Waals surface area (Å²) >= 11 is 0. The number of benzene rings is 1. The highest BCUT2D eigenvalue weighted by Crippen LogP contribution is 2.49. The van der Waals surface area contributed by atoms with Crippen molar-refractivity contribution < 1.29 is 4.74 Å². The highest BCUT2D eigenvalue weighted by atomic mass is 16.5. The van der Waals surface area contributed by atoms with Gasteiger partial charge in [0.2, 0.25) is 0 Å². The van der Waals surface area contributed by atoms with Crippen LogP contribution in [0.4, 0.5) is 5.69 Å². The first kappa shape index (κ1) is 23.9. The maximum atomic E-state index is 9.38. The summed E-state index contributed by atoms with van der Waals surface area (Å²) in [5.41, 5.74) is 6.46. The Morgan fingerprint density at radius 2 is 1.59 bits per heavy atom. The number of anilines is 1. The van der Waals surface area contributed by atoms with Crippen LogP contribution in [0, 0.1) is 28.6 Å². The molecule has 0 aromatic heterocycles. The first-order valence-corrected chi connectivity index (χ1v) is 12.3. The predicted molar refractivity (Wildman–Crippen MR) is 138 cm³/mol. The number of hydrogen-bond donors (Lipinski definition) is 0. The second-order valence-corrected chi connectivity index (χ2v) is 11.5. The molecule has 1 aromatic carbocycles. The molecule has 0 saturated carbocycles. The molecule has 176 valence electrons. The number of nitriles is 2. The molecular formula is C30H35N3O. The van der Waals surface area contributed by atoms with E-state index in [0.717, 1.165) is 43.7 Å². The van der Waals surface area contributed by atoms with Gasteiger partial charge in [-0.1, -0.05) is 47.6 Å². The van der Waals surface area contributed by atoms with Gasteiger partial charge in [0.05, 0.1) is 0 Å². The van der Waals surface area contributed by atoms with E-state index in [0.29, 0.717) is 17.3 Å². The van der Waals surface area contributed by atoms with E-state index in [4.69, 9.17) is 4.74 Å². The van der Waals surface area contributed by atoms with E-state index in [1.165, 1.54) is 16.8 Å². The van der Waals surface area contributed by atoms with Gasteiger partial charge in [-0.3, -0.25) is 0 Å². The third-order valence-electron chi connectivity index (χ3n) is 7.35. The molecule has 3 heterocycles. The van der Waals surface area contributed by atoms with Crippen molar-refractivity contribution in [2.24, 2.45) is 5.92 Å². The minimum atomic E-state index is 0.109. The molecule has 4 heteroatoms. The summed E-state index contributed by atoms with van der Waals surface area (Å²) in [7, 11) is 0. The molecule has 34 heavy (non-hydrogen) atoms. The number of rotatable bonds is 4. The highest BCUT2D eigenvalue weighted by molar-refractivity contribution is 5.72. The largest absolute Gasteiger partial charge is 0.462 e. The average Bonchev–Trinajstić information content (AvgIpc) is 2.77. The van der Waals surface area contributed by atoms with Crippen molar-refractivity contribution in [1.82, 2.24) is 0 Å². The lowest BCUT2D eigenvalue weighted by Crippen LogP contribution is -2.44.